The predicted octanol–water partition coefficient (Wildman–Crippen LogP) is 3.98. The minimum Gasteiger partial charge on any atom is -0.497 e. The summed E-state index contributed by atoms with van der Waals surface area (Å²) in [6.07, 6.45) is -4.77. The number of hydrogen-bond acceptors (Lipinski definition) is 3. The van der Waals surface area contributed by atoms with Gasteiger partial charge in [0.25, 0.3) is 0 Å². The first-order valence-electron chi connectivity index (χ1n) is 4.80. The zero-order valence-corrected chi connectivity index (χ0v) is 9.90. The van der Waals surface area contributed by atoms with E-state index in [0.717, 1.165) is 0 Å². The predicted molar refractivity (Wildman–Crippen MR) is 59.1 cm³/mol. The van der Waals surface area contributed by atoms with E-state index in [1.165, 1.54) is 19.2 Å². The van der Waals surface area contributed by atoms with Crippen LogP contribution in [0.25, 0.3) is 10.6 Å². The summed E-state index contributed by atoms with van der Waals surface area (Å²) in [7, 11) is 1.47. The normalized spacial score (nSPS) is 11.6. The fourth-order valence-electron chi connectivity index (χ4n) is 1.33. The Bertz CT molecular complexity index is 547. The third-order valence-electron chi connectivity index (χ3n) is 2.19. The Labute approximate surface area is 104 Å². The summed E-state index contributed by atoms with van der Waals surface area (Å²) in [5.41, 5.74) is -1.06. The van der Waals surface area contributed by atoms with Crippen molar-refractivity contribution < 1.29 is 22.3 Å². The second-order valence-electron chi connectivity index (χ2n) is 3.37. The van der Waals surface area contributed by atoms with Crippen molar-refractivity contribution in [3.05, 3.63) is 35.1 Å². The van der Waals surface area contributed by atoms with Crippen molar-refractivity contribution in [2.75, 3.05) is 7.11 Å². The number of alkyl halides is 3. The number of halogens is 4. The number of benzene rings is 1. The summed E-state index contributed by atoms with van der Waals surface area (Å²) in [4.78, 5) is 3.28. The van der Waals surface area contributed by atoms with Crippen LogP contribution in [0.15, 0.2) is 24.3 Å². The second kappa shape index (κ2) is 4.56. The van der Waals surface area contributed by atoms with Crippen molar-refractivity contribution in [3.8, 4) is 16.3 Å². The molecule has 2 aromatic rings. The number of methoxy groups -OCH3 is 1. The minimum absolute atomic E-state index is 0.0116. The molecule has 0 aliphatic heterocycles. The first-order chi connectivity index (χ1) is 8.41. The molecular formula is C11H7F4NOS. The lowest BCUT2D eigenvalue weighted by atomic mass is 10.2. The van der Waals surface area contributed by atoms with Gasteiger partial charge in [0.2, 0.25) is 5.13 Å². The third kappa shape index (κ3) is 2.45. The van der Waals surface area contributed by atoms with Crippen LogP contribution in [0.2, 0.25) is 0 Å². The van der Waals surface area contributed by atoms with E-state index in [4.69, 9.17) is 4.74 Å². The summed E-state index contributed by atoms with van der Waals surface area (Å²) in [6, 6.07) is 6.19. The van der Waals surface area contributed by atoms with Crippen LogP contribution < -0.4 is 4.74 Å². The summed E-state index contributed by atoms with van der Waals surface area (Å²) < 4.78 is 55.2. The van der Waals surface area contributed by atoms with E-state index in [0.29, 0.717) is 22.6 Å². The van der Waals surface area contributed by atoms with E-state index >= 15 is 0 Å². The molecule has 0 N–H and O–H groups in total. The van der Waals surface area contributed by atoms with Crippen LogP contribution in [0.3, 0.4) is 0 Å². The SMILES string of the molecule is COc1ccc(-c2nc(C(F)(F)F)c(F)s2)cc1. The van der Waals surface area contributed by atoms with Crippen LogP contribution in [0, 0.1) is 5.13 Å². The van der Waals surface area contributed by atoms with Crippen LogP contribution in [0.5, 0.6) is 5.75 Å². The molecule has 1 heterocycles. The molecule has 0 aliphatic carbocycles. The standard InChI is InChI=1S/C11H7F4NOS/c1-17-7-4-2-6(3-5-7)10-16-8(9(12)18-10)11(13,14)15/h2-5H,1H3. The zero-order valence-electron chi connectivity index (χ0n) is 9.08. The van der Waals surface area contributed by atoms with E-state index < -0.39 is 17.0 Å². The Morgan fingerprint density at radius 3 is 2.22 bits per heavy atom. The lowest BCUT2D eigenvalue weighted by Gasteiger charge is -2.01. The quantitative estimate of drug-likeness (QED) is 0.775. The van der Waals surface area contributed by atoms with E-state index in [1.807, 2.05) is 0 Å². The van der Waals surface area contributed by atoms with Gasteiger partial charge in [-0.15, -0.1) is 0 Å². The fraction of sp³-hybridized carbons (Fsp3) is 0.182. The molecule has 96 valence electrons. The summed E-state index contributed by atoms with van der Waals surface area (Å²) >= 11 is 0.369. The summed E-state index contributed by atoms with van der Waals surface area (Å²) in [6.45, 7) is 0. The fourth-order valence-corrected chi connectivity index (χ4v) is 2.15. The molecule has 18 heavy (non-hydrogen) atoms. The molecular weight excluding hydrogens is 270 g/mol. The first-order valence-corrected chi connectivity index (χ1v) is 5.61. The van der Waals surface area contributed by atoms with Gasteiger partial charge in [0.05, 0.1) is 7.11 Å². The molecule has 0 saturated heterocycles. The number of thiazole rings is 1. The van der Waals surface area contributed by atoms with Crippen molar-refractivity contribution in [1.29, 1.82) is 0 Å². The molecule has 1 aromatic carbocycles. The van der Waals surface area contributed by atoms with Gasteiger partial charge >= 0.3 is 6.18 Å². The third-order valence-corrected chi connectivity index (χ3v) is 3.08. The highest BCUT2D eigenvalue weighted by atomic mass is 32.1. The maximum Gasteiger partial charge on any atom is 0.437 e. The monoisotopic (exact) mass is 277 g/mol. The molecule has 1 aromatic heterocycles. The number of hydrogen-bond donors (Lipinski definition) is 0. The van der Waals surface area contributed by atoms with Gasteiger partial charge in [0.1, 0.15) is 10.8 Å². The molecule has 0 atom stereocenters. The van der Waals surface area contributed by atoms with E-state index in [-0.39, 0.29) is 5.01 Å². The van der Waals surface area contributed by atoms with Crippen molar-refractivity contribution >= 4 is 11.3 Å². The van der Waals surface area contributed by atoms with Gasteiger partial charge < -0.3 is 4.74 Å². The number of rotatable bonds is 2. The smallest absolute Gasteiger partial charge is 0.437 e. The Hall–Kier alpha value is -1.63. The van der Waals surface area contributed by atoms with Gasteiger partial charge in [-0.1, -0.05) is 11.3 Å². The Morgan fingerprint density at radius 2 is 1.78 bits per heavy atom. The Morgan fingerprint density at radius 1 is 1.17 bits per heavy atom. The molecule has 2 nitrogen and oxygen atoms in total. The van der Waals surface area contributed by atoms with Crippen LogP contribution in [0.4, 0.5) is 17.6 Å². The topological polar surface area (TPSA) is 22.1 Å². The van der Waals surface area contributed by atoms with E-state index in [2.05, 4.69) is 4.98 Å². The molecule has 0 saturated carbocycles. The van der Waals surface area contributed by atoms with Crippen molar-refractivity contribution in [3.63, 3.8) is 0 Å². The molecule has 0 aliphatic rings. The van der Waals surface area contributed by atoms with Gasteiger partial charge in [-0.3, -0.25) is 0 Å². The van der Waals surface area contributed by atoms with Gasteiger partial charge in [0, 0.05) is 5.56 Å². The lowest BCUT2D eigenvalue weighted by Crippen LogP contribution is -2.07. The van der Waals surface area contributed by atoms with Crippen molar-refractivity contribution in [2.45, 2.75) is 6.18 Å². The van der Waals surface area contributed by atoms with Crippen LogP contribution in [-0.4, -0.2) is 12.1 Å². The molecule has 0 fully saturated rings. The minimum atomic E-state index is -4.77. The number of aromatic nitrogens is 1. The van der Waals surface area contributed by atoms with E-state index in [1.54, 1.807) is 12.1 Å². The molecule has 0 amide bonds. The average molecular weight is 277 g/mol. The first kappa shape index (κ1) is 12.8. The van der Waals surface area contributed by atoms with Crippen LogP contribution in [0.1, 0.15) is 5.69 Å². The number of nitrogens with zero attached hydrogens (tertiary/aromatic N) is 1. The molecule has 2 rings (SSSR count). The molecule has 0 spiro atoms. The Kier molecular flexibility index (Phi) is 3.25. The highest BCUT2D eigenvalue weighted by molar-refractivity contribution is 7.13. The zero-order chi connectivity index (χ0) is 13.3. The van der Waals surface area contributed by atoms with Gasteiger partial charge in [-0.05, 0) is 24.3 Å². The lowest BCUT2D eigenvalue weighted by molar-refractivity contribution is -0.142. The molecule has 0 bridgehead atoms. The van der Waals surface area contributed by atoms with E-state index in [9.17, 15) is 17.6 Å². The summed E-state index contributed by atoms with van der Waals surface area (Å²) in [5.74, 6) is 0.562. The second-order valence-corrected chi connectivity index (χ2v) is 4.32. The van der Waals surface area contributed by atoms with Gasteiger partial charge in [-0.2, -0.15) is 17.6 Å². The largest absolute Gasteiger partial charge is 0.497 e. The highest BCUT2D eigenvalue weighted by Gasteiger charge is 2.38. The number of ether oxygens (including phenoxy) is 1. The maximum atomic E-state index is 13.1. The van der Waals surface area contributed by atoms with Crippen LogP contribution in [-0.2, 0) is 6.18 Å². The molecule has 0 radical (unpaired) electrons. The Balaban J connectivity index is 2.39. The summed E-state index contributed by atoms with van der Waals surface area (Å²) in [5, 5.41) is -1.34. The maximum absolute atomic E-state index is 13.1. The highest BCUT2D eigenvalue weighted by Crippen LogP contribution is 2.36. The van der Waals surface area contributed by atoms with Gasteiger partial charge in [-0.25, -0.2) is 4.98 Å². The van der Waals surface area contributed by atoms with Gasteiger partial charge in [0.15, 0.2) is 5.69 Å². The van der Waals surface area contributed by atoms with Crippen LogP contribution >= 0.6 is 11.3 Å². The average Bonchev–Trinajstić information content (AvgIpc) is 2.71. The van der Waals surface area contributed by atoms with Crippen molar-refractivity contribution in [1.82, 2.24) is 4.98 Å². The van der Waals surface area contributed by atoms with Crippen molar-refractivity contribution in [2.24, 2.45) is 0 Å². The molecule has 7 heteroatoms. The molecule has 0 unspecified atom stereocenters.